The Kier molecular flexibility index (Phi) is 1.71. The maximum absolute atomic E-state index is 11.0. The zero-order valence-corrected chi connectivity index (χ0v) is 6.96. The van der Waals surface area contributed by atoms with Crippen LogP contribution in [0.25, 0.3) is 0 Å². The van der Waals surface area contributed by atoms with Gasteiger partial charge in [-0.05, 0) is 6.92 Å². The van der Waals surface area contributed by atoms with Crippen LogP contribution >= 0.6 is 0 Å². The van der Waals surface area contributed by atoms with Crippen molar-refractivity contribution in [3.8, 4) is 0 Å². The molecule has 0 radical (unpaired) electrons. The molecule has 0 aliphatic rings. The predicted octanol–water partition coefficient (Wildman–Crippen LogP) is 1.20. The summed E-state index contributed by atoms with van der Waals surface area (Å²) < 4.78 is 7.54. The average Bonchev–Trinajstić information content (AvgIpc) is 1.96. The lowest BCUT2D eigenvalue weighted by Gasteiger charge is -2.03. The van der Waals surface area contributed by atoms with E-state index in [0.29, 0.717) is 11.5 Å². The van der Waals surface area contributed by atoms with Gasteiger partial charge in [-0.25, -0.2) is 0 Å². The van der Waals surface area contributed by atoms with E-state index in [9.17, 15) is 4.79 Å². The molecule has 0 amide bonds. The van der Waals surface area contributed by atoms with E-state index in [-0.39, 0.29) is 11.5 Å². The maximum atomic E-state index is 11.0. The second-order valence-electron chi connectivity index (χ2n) is 2.86. The standard InChI is InChI=1S/C8H12N2O/c1-5(2)8-9-6(3)4-7(11)10-8/h4-5H,1-3H3,(H,9,10,11)/i/hD. The van der Waals surface area contributed by atoms with Crippen molar-refractivity contribution in [1.82, 2.24) is 9.96 Å². The zero-order chi connectivity index (χ0) is 9.30. The first-order chi connectivity index (χ1) is 5.52. The maximum Gasteiger partial charge on any atom is 0.273 e. The zero-order valence-electron chi connectivity index (χ0n) is 7.96. The Morgan fingerprint density at radius 3 is 2.91 bits per heavy atom. The number of aromatic amines is 1. The van der Waals surface area contributed by atoms with Crippen LogP contribution in [0.15, 0.2) is 10.9 Å². The molecule has 0 saturated carbocycles. The molecule has 1 rings (SSSR count). The molecule has 0 aliphatic carbocycles. The smallest absolute Gasteiger partial charge is 0.273 e. The summed E-state index contributed by atoms with van der Waals surface area (Å²) in [6.45, 7) is 5.54. The molecule has 0 aliphatic heterocycles. The fourth-order valence-corrected chi connectivity index (χ4v) is 0.820. The van der Waals surface area contributed by atoms with Crippen LogP contribution in [0.5, 0.6) is 0 Å². The van der Waals surface area contributed by atoms with E-state index in [0.717, 1.165) is 0 Å². The van der Waals surface area contributed by atoms with Crippen LogP contribution in [0.4, 0.5) is 0 Å². The van der Waals surface area contributed by atoms with Gasteiger partial charge in [-0.1, -0.05) is 13.8 Å². The Bertz CT molecular complexity index is 343. The van der Waals surface area contributed by atoms with Crippen LogP contribution in [-0.4, -0.2) is 9.96 Å². The molecule has 0 spiro atoms. The summed E-state index contributed by atoms with van der Waals surface area (Å²) in [5.41, 5.74) is 0.360. The van der Waals surface area contributed by atoms with E-state index < -0.39 is 0 Å². The highest BCUT2D eigenvalue weighted by molar-refractivity contribution is 5.02. The van der Waals surface area contributed by atoms with Gasteiger partial charge in [0.2, 0.25) is 0 Å². The Balaban J connectivity index is 3.38. The van der Waals surface area contributed by atoms with E-state index in [1.807, 2.05) is 13.8 Å². The van der Waals surface area contributed by atoms with Crippen molar-refractivity contribution >= 4 is 0 Å². The molecule has 0 saturated heterocycles. The van der Waals surface area contributed by atoms with E-state index in [4.69, 9.17) is 1.41 Å². The third kappa shape index (κ3) is 1.90. The summed E-state index contributed by atoms with van der Waals surface area (Å²) in [5.74, 6) is 0.620. The highest BCUT2D eigenvalue weighted by Gasteiger charge is 2.01. The number of nitrogens with zero attached hydrogens (tertiary/aromatic N) is 1. The normalized spacial score (nSPS) is 11.8. The van der Waals surface area contributed by atoms with E-state index >= 15 is 0 Å². The van der Waals surface area contributed by atoms with Crippen molar-refractivity contribution in [3.05, 3.63) is 27.9 Å². The molecule has 0 fully saturated rings. The number of aromatic nitrogens is 2. The van der Waals surface area contributed by atoms with Crippen molar-refractivity contribution in [2.75, 3.05) is 0 Å². The number of hydrogen-bond acceptors (Lipinski definition) is 2. The monoisotopic (exact) mass is 153 g/mol. The van der Waals surface area contributed by atoms with Gasteiger partial charge in [-0.2, -0.15) is 4.98 Å². The summed E-state index contributed by atoms with van der Waals surface area (Å²) in [6, 6.07) is 1.36. The number of rotatable bonds is 1. The Hall–Kier alpha value is -1.12. The summed E-state index contributed by atoms with van der Waals surface area (Å²) in [4.78, 5) is 15.9. The molecule has 1 aromatic rings. The summed E-state index contributed by atoms with van der Waals surface area (Å²) >= 11 is 0. The van der Waals surface area contributed by atoms with Gasteiger partial charge in [0.15, 0.2) is 1.41 Å². The lowest BCUT2D eigenvalue weighted by Crippen LogP contribution is -2.12. The SMILES string of the molecule is [2H]n1c(C)cc(=O)nc1C(C)C. The van der Waals surface area contributed by atoms with E-state index in [1.165, 1.54) is 11.0 Å². The highest BCUT2D eigenvalue weighted by atomic mass is 16.1. The summed E-state index contributed by atoms with van der Waals surface area (Å²) in [5, 5.41) is 0. The lowest BCUT2D eigenvalue weighted by molar-refractivity contribution is 0.758. The van der Waals surface area contributed by atoms with Crippen molar-refractivity contribution < 1.29 is 1.41 Å². The quantitative estimate of drug-likeness (QED) is 0.659. The van der Waals surface area contributed by atoms with E-state index in [2.05, 4.69) is 4.98 Å². The molecule has 1 heterocycles. The molecule has 1 aromatic heterocycles. The van der Waals surface area contributed by atoms with Crippen LogP contribution in [0.3, 0.4) is 0 Å². The third-order valence-electron chi connectivity index (χ3n) is 1.36. The summed E-state index contributed by atoms with van der Waals surface area (Å²) in [6.07, 6.45) is 0. The van der Waals surface area contributed by atoms with Crippen LogP contribution in [0, 0.1) is 6.92 Å². The Labute approximate surface area is 67.0 Å². The molecule has 0 atom stereocenters. The molecular formula is C8H12N2O. The van der Waals surface area contributed by atoms with Crippen molar-refractivity contribution in [2.45, 2.75) is 26.7 Å². The molecule has 3 heteroatoms. The van der Waals surface area contributed by atoms with Gasteiger partial charge in [-0.15, -0.1) is 0 Å². The van der Waals surface area contributed by atoms with Crippen molar-refractivity contribution in [3.63, 3.8) is 0 Å². The minimum Gasteiger partial charge on any atom is -0.347 e. The molecular weight excluding hydrogens is 140 g/mol. The van der Waals surface area contributed by atoms with E-state index in [1.54, 1.807) is 6.92 Å². The van der Waals surface area contributed by atoms with Gasteiger partial charge < -0.3 is 4.98 Å². The first-order valence-corrected chi connectivity index (χ1v) is 3.62. The minimum absolute atomic E-state index is 0.107. The Morgan fingerprint density at radius 1 is 1.73 bits per heavy atom. The van der Waals surface area contributed by atoms with Crippen LogP contribution in [-0.2, 0) is 0 Å². The topological polar surface area (TPSA) is 45.8 Å². The van der Waals surface area contributed by atoms with Crippen LogP contribution in [0.2, 0.25) is 1.41 Å². The third-order valence-corrected chi connectivity index (χ3v) is 1.36. The number of aryl methyl sites for hydroxylation is 1. The highest BCUT2D eigenvalue weighted by Crippen LogP contribution is 2.05. The first kappa shape index (κ1) is 6.58. The fourth-order valence-electron chi connectivity index (χ4n) is 0.820. The Morgan fingerprint density at radius 2 is 2.36 bits per heavy atom. The van der Waals surface area contributed by atoms with Crippen molar-refractivity contribution in [2.24, 2.45) is 0 Å². The molecule has 0 unspecified atom stereocenters. The van der Waals surface area contributed by atoms with Crippen LogP contribution in [0.1, 0.15) is 31.3 Å². The average molecular weight is 153 g/mol. The second-order valence-corrected chi connectivity index (χ2v) is 2.86. The molecule has 11 heavy (non-hydrogen) atoms. The first-order valence-electron chi connectivity index (χ1n) is 4.07. The molecule has 0 aromatic carbocycles. The van der Waals surface area contributed by atoms with Crippen LogP contribution < -0.4 is 5.56 Å². The minimum atomic E-state index is -0.264. The van der Waals surface area contributed by atoms with Gasteiger partial charge in [-0.3, -0.25) is 4.79 Å². The van der Waals surface area contributed by atoms with Gasteiger partial charge in [0.1, 0.15) is 5.82 Å². The van der Waals surface area contributed by atoms with Gasteiger partial charge >= 0.3 is 0 Å². The molecule has 1 N–H and O–H groups in total. The lowest BCUT2D eigenvalue weighted by atomic mass is 10.2. The largest absolute Gasteiger partial charge is 0.347 e. The molecule has 0 bridgehead atoms. The molecule has 60 valence electrons. The van der Waals surface area contributed by atoms with Gasteiger partial charge in [0.25, 0.3) is 5.56 Å². The second kappa shape index (κ2) is 2.86. The molecule has 3 nitrogen and oxygen atoms in total. The predicted molar refractivity (Wildman–Crippen MR) is 43.7 cm³/mol. The number of nitrogens with one attached hydrogen (secondary N) is 1. The van der Waals surface area contributed by atoms with Crippen molar-refractivity contribution in [1.29, 1.82) is 0 Å². The number of H-pyrrole nitrogens is 1. The van der Waals surface area contributed by atoms with Gasteiger partial charge in [0, 0.05) is 17.7 Å². The summed E-state index contributed by atoms with van der Waals surface area (Å²) in [7, 11) is 0. The number of hydrogen-bond donors (Lipinski definition) is 1. The van der Waals surface area contributed by atoms with Gasteiger partial charge in [0.05, 0.1) is 0 Å². The fraction of sp³-hybridized carbons (Fsp3) is 0.500.